The molecule has 2 aromatic rings. The van der Waals surface area contributed by atoms with Gasteiger partial charge in [0.2, 0.25) is 5.13 Å². The minimum atomic E-state index is -0.0756. The number of aryl methyl sites for hydroxylation is 1. The Kier molecular flexibility index (Phi) is 6.39. The largest absolute Gasteiger partial charge is 0.466 e. The molecule has 1 aliphatic heterocycles. The lowest BCUT2D eigenvalue weighted by molar-refractivity contribution is -0.930. The summed E-state index contributed by atoms with van der Waals surface area (Å²) in [6.07, 6.45) is 1.93. The summed E-state index contributed by atoms with van der Waals surface area (Å²) in [4.78, 5) is 13.3. The van der Waals surface area contributed by atoms with Gasteiger partial charge in [-0.1, -0.05) is 23.5 Å². The molecule has 1 saturated heterocycles. The van der Waals surface area contributed by atoms with Crippen LogP contribution in [0, 0.1) is 16.8 Å². The van der Waals surface area contributed by atoms with Crippen LogP contribution in [0.25, 0.3) is 0 Å². The van der Waals surface area contributed by atoms with Crippen molar-refractivity contribution in [1.82, 2.24) is 9.78 Å². The highest BCUT2D eigenvalue weighted by Gasteiger charge is 2.30. The van der Waals surface area contributed by atoms with Crippen molar-refractivity contribution in [3.05, 3.63) is 33.8 Å². The van der Waals surface area contributed by atoms with Gasteiger partial charge in [-0.15, -0.1) is 5.10 Å². The molecule has 2 N–H and O–H groups in total. The number of carbonyl (C=O) groups is 1. The van der Waals surface area contributed by atoms with Gasteiger partial charge in [-0.05, 0) is 56.6 Å². The molecule has 26 heavy (non-hydrogen) atoms. The van der Waals surface area contributed by atoms with Crippen LogP contribution >= 0.6 is 23.6 Å². The highest BCUT2D eigenvalue weighted by molar-refractivity contribution is 7.73. The van der Waals surface area contributed by atoms with Crippen LogP contribution in [0.5, 0.6) is 0 Å². The lowest BCUT2D eigenvalue weighted by Crippen LogP contribution is -3.13. The third kappa shape index (κ3) is 4.90. The Morgan fingerprint density at radius 2 is 2.38 bits per heavy atom. The van der Waals surface area contributed by atoms with E-state index in [9.17, 15) is 4.79 Å². The molecule has 0 spiro atoms. The molecule has 1 aliphatic rings. The van der Waals surface area contributed by atoms with Crippen LogP contribution in [0.3, 0.4) is 0 Å². The fourth-order valence-electron chi connectivity index (χ4n) is 3.27. The van der Waals surface area contributed by atoms with Crippen molar-refractivity contribution in [3.8, 4) is 0 Å². The fourth-order valence-corrected chi connectivity index (χ4v) is 4.30. The van der Waals surface area contributed by atoms with Gasteiger partial charge in [0.15, 0.2) is 10.6 Å². The van der Waals surface area contributed by atoms with E-state index in [1.165, 1.54) is 21.8 Å². The molecule has 6 nitrogen and oxygen atoms in total. The zero-order valence-electron chi connectivity index (χ0n) is 15.2. The van der Waals surface area contributed by atoms with Gasteiger partial charge in [-0.3, -0.25) is 4.79 Å². The Bertz CT molecular complexity index is 818. The van der Waals surface area contributed by atoms with Crippen LogP contribution in [-0.2, 0) is 16.2 Å². The maximum Gasteiger partial charge on any atom is 0.314 e. The summed E-state index contributed by atoms with van der Waals surface area (Å²) in [6, 6.07) is 8.17. The second-order valence-corrected chi connectivity index (χ2v) is 8.24. The van der Waals surface area contributed by atoms with Crippen LogP contribution in [0.15, 0.2) is 24.3 Å². The first-order valence-corrected chi connectivity index (χ1v) is 10.2. The van der Waals surface area contributed by atoms with Crippen LogP contribution in [0.1, 0.15) is 25.3 Å². The number of quaternary nitrogens is 1. The van der Waals surface area contributed by atoms with Gasteiger partial charge in [0.1, 0.15) is 5.92 Å². The zero-order chi connectivity index (χ0) is 18.5. The molecule has 1 unspecified atom stereocenters. The van der Waals surface area contributed by atoms with Crippen molar-refractivity contribution in [2.45, 2.75) is 33.4 Å². The molecule has 0 saturated carbocycles. The monoisotopic (exact) mass is 393 g/mol. The molecule has 140 valence electrons. The normalized spacial score (nSPS) is 19.9. The number of nitrogens with zero attached hydrogens (tertiary/aromatic N) is 2. The molecule has 8 heteroatoms. The summed E-state index contributed by atoms with van der Waals surface area (Å²) < 4.78 is 7.78. The topological polar surface area (TPSA) is 60.6 Å². The summed E-state index contributed by atoms with van der Waals surface area (Å²) >= 11 is 6.95. The first-order chi connectivity index (χ1) is 12.5. The van der Waals surface area contributed by atoms with E-state index in [0.29, 0.717) is 13.3 Å². The number of nitrogens with one attached hydrogen (secondary N) is 2. The van der Waals surface area contributed by atoms with Crippen LogP contribution < -0.4 is 10.2 Å². The number of ether oxygens (including phenoxy) is 1. The van der Waals surface area contributed by atoms with E-state index in [-0.39, 0.29) is 11.9 Å². The number of hydrogen-bond acceptors (Lipinski definition) is 6. The Balaban J connectivity index is 1.64. The lowest BCUT2D eigenvalue weighted by Gasteiger charge is -2.28. The number of piperidine rings is 1. The maximum absolute atomic E-state index is 12.0. The predicted octanol–water partition coefficient (Wildman–Crippen LogP) is 2.54. The van der Waals surface area contributed by atoms with E-state index in [1.54, 1.807) is 0 Å². The fraction of sp³-hybridized carbons (Fsp3) is 0.500. The van der Waals surface area contributed by atoms with Crippen LogP contribution in [0.4, 0.5) is 10.8 Å². The molecular weight excluding hydrogens is 368 g/mol. The highest BCUT2D eigenvalue weighted by Crippen LogP contribution is 2.20. The van der Waals surface area contributed by atoms with Crippen molar-refractivity contribution < 1.29 is 14.4 Å². The second-order valence-electron chi connectivity index (χ2n) is 6.62. The SMILES string of the molecule is CCOC(=O)[C@H]1CCC[NH+](Cn2nc(Nc3cccc(C)c3)sc2=S)C1. The number of hydrogen-bond donors (Lipinski definition) is 2. The number of benzene rings is 1. The van der Waals surface area contributed by atoms with Gasteiger partial charge in [0.05, 0.1) is 19.7 Å². The molecule has 1 aromatic heterocycles. The molecule has 0 amide bonds. The highest BCUT2D eigenvalue weighted by atomic mass is 32.1. The average molecular weight is 394 g/mol. The Hall–Kier alpha value is -1.77. The van der Waals surface area contributed by atoms with E-state index >= 15 is 0 Å². The van der Waals surface area contributed by atoms with Crippen molar-refractivity contribution in [3.63, 3.8) is 0 Å². The number of esters is 1. The Morgan fingerprint density at radius 1 is 1.54 bits per heavy atom. The number of likely N-dealkylation sites (tertiary alicyclic amines) is 1. The summed E-state index contributed by atoms with van der Waals surface area (Å²) in [7, 11) is 0. The third-order valence-electron chi connectivity index (χ3n) is 4.49. The lowest BCUT2D eigenvalue weighted by atomic mass is 9.99. The van der Waals surface area contributed by atoms with Gasteiger partial charge < -0.3 is 15.0 Å². The zero-order valence-corrected chi connectivity index (χ0v) is 16.8. The first-order valence-electron chi connectivity index (χ1n) is 8.97. The summed E-state index contributed by atoms with van der Waals surface area (Å²) in [6.45, 7) is 6.83. The van der Waals surface area contributed by atoms with Gasteiger partial charge in [0, 0.05) is 5.69 Å². The minimum absolute atomic E-state index is 0.0172. The van der Waals surface area contributed by atoms with E-state index in [1.807, 2.05) is 23.7 Å². The summed E-state index contributed by atoms with van der Waals surface area (Å²) in [5.74, 6) is -0.0928. The molecular formula is C18H25N4O2S2+. The van der Waals surface area contributed by atoms with Crippen LogP contribution in [-0.4, -0.2) is 35.4 Å². The van der Waals surface area contributed by atoms with Crippen LogP contribution in [0.2, 0.25) is 0 Å². The standard InChI is InChI=1S/C18H24N4O2S2/c1-3-24-16(23)14-7-5-9-21(11-14)12-22-18(25)26-17(20-22)19-15-8-4-6-13(2)10-15/h4,6,8,10,14H,3,5,7,9,11-12H2,1-2H3,(H,19,20)/p+1/t14-/m0/s1. The molecule has 3 rings (SSSR count). The van der Waals surface area contributed by atoms with Gasteiger partial charge >= 0.3 is 5.97 Å². The Morgan fingerprint density at radius 3 is 3.15 bits per heavy atom. The molecule has 1 fully saturated rings. The number of rotatable bonds is 6. The Labute approximate surface area is 162 Å². The molecule has 2 atom stereocenters. The first kappa shape index (κ1) is 19.0. The molecule has 2 heterocycles. The molecule has 1 aromatic carbocycles. The van der Waals surface area contributed by atoms with Gasteiger partial charge in [0.25, 0.3) is 0 Å². The minimum Gasteiger partial charge on any atom is -0.466 e. The maximum atomic E-state index is 12.0. The smallest absolute Gasteiger partial charge is 0.314 e. The number of carbonyl (C=O) groups excluding carboxylic acids is 1. The van der Waals surface area contributed by atoms with Crippen molar-refractivity contribution in [2.24, 2.45) is 5.92 Å². The predicted molar refractivity (Wildman–Crippen MR) is 105 cm³/mol. The quantitative estimate of drug-likeness (QED) is 0.583. The third-order valence-corrected chi connectivity index (χ3v) is 5.71. The van der Waals surface area contributed by atoms with E-state index in [4.69, 9.17) is 17.0 Å². The second kappa shape index (κ2) is 8.75. The molecule has 0 bridgehead atoms. The summed E-state index contributed by atoms with van der Waals surface area (Å²) in [5.41, 5.74) is 2.20. The van der Waals surface area contributed by atoms with Crippen molar-refractivity contribution in [2.75, 3.05) is 25.0 Å². The van der Waals surface area contributed by atoms with E-state index < -0.39 is 0 Å². The number of aromatic nitrogens is 2. The number of anilines is 2. The van der Waals surface area contributed by atoms with E-state index in [0.717, 1.165) is 40.7 Å². The van der Waals surface area contributed by atoms with Gasteiger partial charge in [-0.2, -0.15) is 4.68 Å². The van der Waals surface area contributed by atoms with Crippen molar-refractivity contribution in [1.29, 1.82) is 0 Å². The van der Waals surface area contributed by atoms with E-state index in [2.05, 4.69) is 29.5 Å². The summed E-state index contributed by atoms with van der Waals surface area (Å²) in [5, 5.41) is 8.73. The average Bonchev–Trinajstić information content (AvgIpc) is 2.94. The molecule has 0 radical (unpaired) electrons. The van der Waals surface area contributed by atoms with Crippen molar-refractivity contribution >= 4 is 40.3 Å². The van der Waals surface area contributed by atoms with Gasteiger partial charge in [-0.25, -0.2) is 0 Å². The molecule has 0 aliphatic carbocycles.